The number of benzene rings is 1. The summed E-state index contributed by atoms with van der Waals surface area (Å²) in [7, 11) is 0. The number of hydrogen-bond acceptors (Lipinski definition) is 4. The fourth-order valence-electron chi connectivity index (χ4n) is 1.92. The SMILES string of the molecule is Cc1cc(C)cc(OCC(=O)NNC(=O)/C=C/c2cccs2)c1. The molecule has 2 aromatic rings. The summed E-state index contributed by atoms with van der Waals surface area (Å²) in [5, 5.41) is 1.92. The molecule has 23 heavy (non-hydrogen) atoms. The molecule has 2 N–H and O–H groups in total. The van der Waals surface area contributed by atoms with Crippen LogP contribution in [0.25, 0.3) is 6.08 Å². The third-order valence-corrected chi connectivity index (χ3v) is 3.67. The zero-order chi connectivity index (χ0) is 16.7. The molecule has 0 radical (unpaired) electrons. The maximum Gasteiger partial charge on any atom is 0.276 e. The summed E-state index contributed by atoms with van der Waals surface area (Å²) in [5.41, 5.74) is 6.73. The lowest BCUT2D eigenvalue weighted by Gasteiger charge is -2.09. The Hall–Kier alpha value is -2.60. The molecule has 0 aliphatic carbocycles. The summed E-state index contributed by atoms with van der Waals surface area (Å²) in [6.45, 7) is 3.75. The monoisotopic (exact) mass is 330 g/mol. The van der Waals surface area contributed by atoms with Gasteiger partial charge in [0.2, 0.25) is 0 Å². The minimum absolute atomic E-state index is 0.169. The second-order valence-electron chi connectivity index (χ2n) is 5.00. The molecule has 1 heterocycles. The van der Waals surface area contributed by atoms with Crippen LogP contribution in [0.5, 0.6) is 5.75 Å². The first-order valence-corrected chi connectivity index (χ1v) is 7.92. The van der Waals surface area contributed by atoms with Gasteiger partial charge in [0, 0.05) is 11.0 Å². The number of rotatable bonds is 5. The molecule has 6 heteroatoms. The zero-order valence-electron chi connectivity index (χ0n) is 13.0. The Kier molecular flexibility index (Phi) is 5.94. The van der Waals surface area contributed by atoms with E-state index in [0.717, 1.165) is 16.0 Å². The van der Waals surface area contributed by atoms with Crippen LogP contribution < -0.4 is 15.6 Å². The van der Waals surface area contributed by atoms with E-state index in [9.17, 15) is 9.59 Å². The fraction of sp³-hybridized carbons (Fsp3) is 0.176. The molecule has 1 aromatic carbocycles. The minimum atomic E-state index is -0.429. The fourth-order valence-corrected chi connectivity index (χ4v) is 2.54. The molecule has 0 bridgehead atoms. The van der Waals surface area contributed by atoms with Gasteiger partial charge in [0.15, 0.2) is 6.61 Å². The summed E-state index contributed by atoms with van der Waals surface area (Å²) >= 11 is 1.52. The normalized spacial score (nSPS) is 10.5. The second-order valence-corrected chi connectivity index (χ2v) is 5.98. The van der Waals surface area contributed by atoms with E-state index in [1.807, 2.05) is 49.6 Å². The Morgan fingerprint density at radius 2 is 1.91 bits per heavy atom. The van der Waals surface area contributed by atoms with E-state index in [4.69, 9.17) is 4.74 Å². The van der Waals surface area contributed by atoms with Gasteiger partial charge in [0.25, 0.3) is 11.8 Å². The molecular weight excluding hydrogens is 312 g/mol. The summed E-state index contributed by atoms with van der Waals surface area (Å²) in [6, 6.07) is 9.51. The van der Waals surface area contributed by atoms with Gasteiger partial charge in [0.05, 0.1) is 0 Å². The molecule has 0 saturated carbocycles. The lowest BCUT2D eigenvalue weighted by Crippen LogP contribution is -2.43. The molecule has 0 unspecified atom stereocenters. The Balaban J connectivity index is 1.73. The molecule has 120 valence electrons. The molecule has 0 atom stereocenters. The van der Waals surface area contributed by atoms with Gasteiger partial charge in [0.1, 0.15) is 5.75 Å². The van der Waals surface area contributed by atoms with Gasteiger partial charge < -0.3 is 4.74 Å². The third-order valence-electron chi connectivity index (χ3n) is 2.83. The number of ether oxygens (including phenoxy) is 1. The van der Waals surface area contributed by atoms with Crippen molar-refractivity contribution in [3.8, 4) is 5.75 Å². The van der Waals surface area contributed by atoms with E-state index < -0.39 is 11.8 Å². The van der Waals surface area contributed by atoms with Crippen molar-refractivity contribution >= 4 is 29.2 Å². The first-order valence-electron chi connectivity index (χ1n) is 7.04. The van der Waals surface area contributed by atoms with Gasteiger partial charge in [-0.1, -0.05) is 12.1 Å². The number of carbonyl (C=O) groups excluding carboxylic acids is 2. The minimum Gasteiger partial charge on any atom is -0.484 e. The number of hydrogen-bond donors (Lipinski definition) is 2. The summed E-state index contributed by atoms with van der Waals surface area (Å²) < 4.78 is 5.40. The highest BCUT2D eigenvalue weighted by molar-refractivity contribution is 7.10. The van der Waals surface area contributed by atoms with Crippen LogP contribution in [0.4, 0.5) is 0 Å². The highest BCUT2D eigenvalue weighted by Crippen LogP contribution is 2.15. The molecule has 0 aliphatic heterocycles. The van der Waals surface area contributed by atoms with Crippen molar-refractivity contribution in [2.75, 3.05) is 6.61 Å². The van der Waals surface area contributed by atoms with E-state index in [2.05, 4.69) is 10.9 Å². The van der Waals surface area contributed by atoms with E-state index in [1.165, 1.54) is 17.4 Å². The maximum atomic E-state index is 11.7. The van der Waals surface area contributed by atoms with Crippen LogP contribution in [-0.4, -0.2) is 18.4 Å². The molecule has 2 rings (SSSR count). The van der Waals surface area contributed by atoms with Crippen molar-refractivity contribution in [1.82, 2.24) is 10.9 Å². The van der Waals surface area contributed by atoms with Gasteiger partial charge >= 0.3 is 0 Å². The summed E-state index contributed by atoms with van der Waals surface area (Å²) in [5.74, 6) is -0.207. The molecule has 0 aliphatic rings. The first-order chi connectivity index (χ1) is 11.0. The highest BCUT2D eigenvalue weighted by atomic mass is 32.1. The number of amides is 2. The smallest absolute Gasteiger partial charge is 0.276 e. The van der Waals surface area contributed by atoms with Crippen LogP contribution in [0.1, 0.15) is 16.0 Å². The van der Waals surface area contributed by atoms with Crippen molar-refractivity contribution < 1.29 is 14.3 Å². The molecular formula is C17H18N2O3S. The number of nitrogens with one attached hydrogen (secondary N) is 2. The number of hydrazine groups is 1. The first kappa shape index (κ1) is 16.8. The predicted molar refractivity (Wildman–Crippen MR) is 91.0 cm³/mol. The zero-order valence-corrected chi connectivity index (χ0v) is 13.8. The van der Waals surface area contributed by atoms with Crippen molar-refractivity contribution in [2.24, 2.45) is 0 Å². The average Bonchev–Trinajstić information content (AvgIpc) is 3.01. The van der Waals surface area contributed by atoms with Crippen LogP contribution in [0.2, 0.25) is 0 Å². The second kappa shape index (κ2) is 8.14. The van der Waals surface area contributed by atoms with Gasteiger partial charge in [-0.3, -0.25) is 20.4 Å². The lowest BCUT2D eigenvalue weighted by atomic mass is 10.1. The standard InChI is InChI=1S/C17H18N2O3S/c1-12-8-13(2)10-14(9-12)22-11-17(21)19-18-16(20)6-5-15-4-3-7-23-15/h3-10H,11H2,1-2H3,(H,18,20)(H,19,21)/b6-5+. The van der Waals surface area contributed by atoms with E-state index in [-0.39, 0.29) is 6.61 Å². The topological polar surface area (TPSA) is 67.4 Å². The van der Waals surface area contributed by atoms with E-state index in [0.29, 0.717) is 5.75 Å². The molecule has 2 amide bonds. The number of thiophene rings is 1. The third kappa shape index (κ3) is 5.96. The Morgan fingerprint density at radius 1 is 1.17 bits per heavy atom. The maximum absolute atomic E-state index is 11.7. The molecule has 0 saturated heterocycles. The van der Waals surface area contributed by atoms with Gasteiger partial charge in [-0.05, 0) is 54.6 Å². The van der Waals surface area contributed by atoms with Gasteiger partial charge in [-0.15, -0.1) is 11.3 Å². The van der Waals surface area contributed by atoms with Crippen LogP contribution in [0.15, 0.2) is 41.8 Å². The predicted octanol–water partition coefficient (Wildman–Crippen LogP) is 2.60. The van der Waals surface area contributed by atoms with Gasteiger partial charge in [-0.25, -0.2) is 0 Å². The molecule has 0 spiro atoms. The molecule has 5 nitrogen and oxygen atoms in total. The largest absolute Gasteiger partial charge is 0.484 e. The molecule has 0 fully saturated rings. The summed E-state index contributed by atoms with van der Waals surface area (Å²) in [6.07, 6.45) is 3.04. The Labute approximate surface area is 139 Å². The number of aryl methyl sites for hydroxylation is 2. The van der Waals surface area contributed by atoms with Crippen LogP contribution in [-0.2, 0) is 9.59 Å². The Bertz CT molecular complexity index is 688. The average molecular weight is 330 g/mol. The van der Waals surface area contributed by atoms with Crippen molar-refractivity contribution in [3.05, 3.63) is 57.8 Å². The summed E-state index contributed by atoms with van der Waals surface area (Å²) in [4.78, 5) is 24.2. The molecule has 1 aromatic heterocycles. The van der Waals surface area contributed by atoms with Crippen LogP contribution >= 0.6 is 11.3 Å². The van der Waals surface area contributed by atoms with Crippen molar-refractivity contribution in [3.63, 3.8) is 0 Å². The van der Waals surface area contributed by atoms with Crippen molar-refractivity contribution in [1.29, 1.82) is 0 Å². The Morgan fingerprint density at radius 3 is 2.57 bits per heavy atom. The van der Waals surface area contributed by atoms with Crippen LogP contribution in [0, 0.1) is 13.8 Å². The lowest BCUT2D eigenvalue weighted by molar-refractivity contribution is -0.128. The van der Waals surface area contributed by atoms with E-state index >= 15 is 0 Å². The number of carbonyl (C=O) groups is 2. The quantitative estimate of drug-likeness (QED) is 0.654. The van der Waals surface area contributed by atoms with Crippen LogP contribution in [0.3, 0.4) is 0 Å². The highest BCUT2D eigenvalue weighted by Gasteiger charge is 2.04. The van der Waals surface area contributed by atoms with Gasteiger partial charge in [-0.2, -0.15) is 0 Å². The van der Waals surface area contributed by atoms with E-state index in [1.54, 1.807) is 6.08 Å². The van der Waals surface area contributed by atoms with Crippen molar-refractivity contribution in [2.45, 2.75) is 13.8 Å².